The number of nitro groups is 1. The first kappa shape index (κ1) is 10.7. The van der Waals surface area contributed by atoms with Crippen LogP contribution in [0.1, 0.15) is 13.8 Å². The summed E-state index contributed by atoms with van der Waals surface area (Å²) in [4.78, 5) is 10.1. The van der Waals surface area contributed by atoms with E-state index in [4.69, 9.17) is 14.2 Å². The van der Waals surface area contributed by atoms with Crippen LogP contribution in [0.4, 0.5) is 5.69 Å². The van der Waals surface area contributed by atoms with Gasteiger partial charge in [-0.05, 0) is 19.9 Å². The van der Waals surface area contributed by atoms with Gasteiger partial charge in [0.15, 0.2) is 11.5 Å². The Morgan fingerprint density at radius 3 is 2.44 bits per heavy atom. The van der Waals surface area contributed by atoms with E-state index >= 15 is 0 Å². The minimum Gasteiger partial charge on any atom is -0.461 e. The highest BCUT2D eigenvalue weighted by Crippen LogP contribution is 2.35. The summed E-state index contributed by atoms with van der Waals surface area (Å²) >= 11 is 0. The molecule has 86 valence electrons. The second-order valence-electron chi connectivity index (χ2n) is 3.40. The molecule has 0 fully saturated rings. The second kappa shape index (κ2) is 3.97. The van der Waals surface area contributed by atoms with Gasteiger partial charge in [0.25, 0.3) is 5.69 Å². The molecule has 0 bridgehead atoms. The van der Waals surface area contributed by atoms with Crippen molar-refractivity contribution < 1.29 is 19.1 Å². The molecule has 1 aromatic rings. The fourth-order valence-corrected chi connectivity index (χ4v) is 1.48. The van der Waals surface area contributed by atoms with Gasteiger partial charge in [-0.25, -0.2) is 0 Å². The van der Waals surface area contributed by atoms with Gasteiger partial charge in [0.2, 0.25) is 12.6 Å². The molecule has 0 aliphatic carbocycles. The molecule has 1 aromatic carbocycles. The monoisotopic (exact) mass is 225 g/mol. The maximum atomic E-state index is 10.6. The molecule has 0 N–H and O–H groups in total. The Morgan fingerprint density at radius 2 is 1.81 bits per heavy atom. The Kier molecular flexibility index (Phi) is 2.66. The standard InChI is InChI=1S/C10H11NO5/c1-6-14-7(2)16-10-5-8(11(12)13)3-4-9(10)15-6/h3-7H,1-2H3/t6-,7-/m0/s1. The van der Waals surface area contributed by atoms with E-state index in [0.717, 1.165) is 0 Å². The lowest BCUT2D eigenvalue weighted by atomic mass is 10.3. The fraction of sp³-hybridized carbons (Fsp3) is 0.400. The molecule has 0 saturated carbocycles. The quantitative estimate of drug-likeness (QED) is 0.540. The summed E-state index contributed by atoms with van der Waals surface area (Å²) in [5, 5.41) is 10.6. The molecule has 6 heteroatoms. The summed E-state index contributed by atoms with van der Waals surface area (Å²) in [6, 6.07) is 4.20. The van der Waals surface area contributed by atoms with E-state index in [0.29, 0.717) is 11.5 Å². The number of fused-ring (bicyclic) bond motifs is 1. The number of non-ortho nitro benzene ring substituents is 1. The Morgan fingerprint density at radius 1 is 1.19 bits per heavy atom. The Hall–Kier alpha value is -1.82. The second-order valence-corrected chi connectivity index (χ2v) is 3.40. The van der Waals surface area contributed by atoms with Crippen molar-refractivity contribution in [3.8, 4) is 11.5 Å². The maximum Gasteiger partial charge on any atom is 0.273 e. The minimum atomic E-state index is -0.502. The molecular weight excluding hydrogens is 214 g/mol. The van der Waals surface area contributed by atoms with Crippen LogP contribution in [0, 0.1) is 10.1 Å². The van der Waals surface area contributed by atoms with Crippen molar-refractivity contribution in [3.05, 3.63) is 28.3 Å². The highest BCUT2D eigenvalue weighted by atomic mass is 16.8. The van der Waals surface area contributed by atoms with E-state index in [2.05, 4.69) is 0 Å². The predicted octanol–water partition coefficient (Wildman–Crippen LogP) is 2.07. The number of nitro benzene ring substituents is 1. The number of hydrogen-bond donors (Lipinski definition) is 0. The maximum absolute atomic E-state index is 10.6. The zero-order valence-electron chi connectivity index (χ0n) is 8.88. The molecule has 0 amide bonds. The minimum absolute atomic E-state index is 0.0379. The van der Waals surface area contributed by atoms with Crippen LogP contribution >= 0.6 is 0 Å². The Labute approximate surface area is 91.9 Å². The van der Waals surface area contributed by atoms with Gasteiger partial charge in [-0.3, -0.25) is 10.1 Å². The smallest absolute Gasteiger partial charge is 0.273 e. The third kappa shape index (κ3) is 2.06. The number of hydrogen-bond acceptors (Lipinski definition) is 5. The summed E-state index contributed by atoms with van der Waals surface area (Å²) < 4.78 is 16.0. The average molecular weight is 225 g/mol. The van der Waals surface area contributed by atoms with Gasteiger partial charge in [0, 0.05) is 6.07 Å². The summed E-state index contributed by atoms with van der Waals surface area (Å²) in [7, 11) is 0. The normalized spacial score (nSPS) is 23.6. The molecule has 2 rings (SSSR count). The zero-order valence-corrected chi connectivity index (χ0v) is 8.88. The highest BCUT2D eigenvalue weighted by molar-refractivity contribution is 5.48. The van der Waals surface area contributed by atoms with Crippen molar-refractivity contribution in [1.29, 1.82) is 0 Å². The van der Waals surface area contributed by atoms with Crippen molar-refractivity contribution >= 4 is 5.69 Å². The van der Waals surface area contributed by atoms with Gasteiger partial charge in [-0.2, -0.15) is 0 Å². The lowest BCUT2D eigenvalue weighted by Gasteiger charge is -2.13. The van der Waals surface area contributed by atoms with E-state index in [1.165, 1.54) is 18.2 Å². The third-order valence-corrected chi connectivity index (χ3v) is 2.11. The number of benzene rings is 1. The molecule has 16 heavy (non-hydrogen) atoms. The van der Waals surface area contributed by atoms with Gasteiger partial charge >= 0.3 is 0 Å². The molecule has 0 spiro atoms. The molecular formula is C10H11NO5. The average Bonchev–Trinajstić information content (AvgIpc) is 2.32. The molecule has 1 heterocycles. The molecule has 0 aromatic heterocycles. The first-order valence-electron chi connectivity index (χ1n) is 4.83. The van der Waals surface area contributed by atoms with Gasteiger partial charge in [-0.15, -0.1) is 0 Å². The van der Waals surface area contributed by atoms with Gasteiger partial charge < -0.3 is 14.2 Å². The van der Waals surface area contributed by atoms with Crippen LogP contribution in [-0.4, -0.2) is 17.5 Å². The summed E-state index contributed by atoms with van der Waals surface area (Å²) in [6.45, 7) is 3.43. The van der Waals surface area contributed by atoms with E-state index in [1.54, 1.807) is 13.8 Å². The highest BCUT2D eigenvalue weighted by Gasteiger charge is 2.22. The van der Waals surface area contributed by atoms with Crippen LogP contribution in [0.15, 0.2) is 18.2 Å². The summed E-state index contributed by atoms with van der Waals surface area (Å²) in [5.41, 5.74) is -0.0379. The summed E-state index contributed by atoms with van der Waals surface area (Å²) in [6.07, 6.45) is -0.948. The Balaban J connectivity index is 2.38. The molecule has 0 radical (unpaired) electrons. The van der Waals surface area contributed by atoms with Crippen molar-refractivity contribution in [2.24, 2.45) is 0 Å². The van der Waals surface area contributed by atoms with E-state index in [-0.39, 0.29) is 5.69 Å². The third-order valence-electron chi connectivity index (χ3n) is 2.11. The molecule has 1 aliphatic rings. The van der Waals surface area contributed by atoms with Crippen LogP contribution in [-0.2, 0) is 4.74 Å². The van der Waals surface area contributed by atoms with Gasteiger partial charge in [0.1, 0.15) is 0 Å². The van der Waals surface area contributed by atoms with Crippen LogP contribution in [0.5, 0.6) is 11.5 Å². The number of nitrogens with zero attached hydrogens (tertiary/aromatic N) is 1. The largest absolute Gasteiger partial charge is 0.461 e. The molecule has 6 nitrogen and oxygen atoms in total. The number of rotatable bonds is 1. The van der Waals surface area contributed by atoms with Gasteiger partial charge in [0.05, 0.1) is 11.0 Å². The van der Waals surface area contributed by atoms with Crippen molar-refractivity contribution in [2.45, 2.75) is 26.4 Å². The van der Waals surface area contributed by atoms with Crippen molar-refractivity contribution in [2.75, 3.05) is 0 Å². The lowest BCUT2D eigenvalue weighted by Crippen LogP contribution is -2.22. The first-order chi connectivity index (χ1) is 7.56. The van der Waals surface area contributed by atoms with Crippen LogP contribution in [0.2, 0.25) is 0 Å². The Bertz CT molecular complexity index is 420. The first-order valence-corrected chi connectivity index (χ1v) is 4.83. The predicted molar refractivity (Wildman–Crippen MR) is 54.4 cm³/mol. The molecule has 0 saturated heterocycles. The lowest BCUT2D eigenvalue weighted by molar-refractivity contribution is -0.385. The van der Waals surface area contributed by atoms with Crippen LogP contribution in [0.25, 0.3) is 0 Å². The molecule has 1 aliphatic heterocycles. The summed E-state index contributed by atoms with van der Waals surface area (Å²) in [5.74, 6) is 0.772. The van der Waals surface area contributed by atoms with Gasteiger partial charge in [-0.1, -0.05) is 0 Å². The zero-order chi connectivity index (χ0) is 11.7. The van der Waals surface area contributed by atoms with Crippen molar-refractivity contribution in [3.63, 3.8) is 0 Å². The molecule has 0 unspecified atom stereocenters. The van der Waals surface area contributed by atoms with E-state index in [9.17, 15) is 10.1 Å². The van der Waals surface area contributed by atoms with Crippen LogP contribution in [0.3, 0.4) is 0 Å². The number of ether oxygens (including phenoxy) is 3. The van der Waals surface area contributed by atoms with E-state index < -0.39 is 17.5 Å². The fourth-order valence-electron chi connectivity index (χ4n) is 1.48. The van der Waals surface area contributed by atoms with Crippen molar-refractivity contribution in [1.82, 2.24) is 0 Å². The van der Waals surface area contributed by atoms with E-state index in [1.807, 2.05) is 0 Å². The topological polar surface area (TPSA) is 70.8 Å². The molecule has 2 atom stereocenters. The SMILES string of the molecule is C[C@@H]1Oc2ccc([N+](=O)[O-])cc2O[C@@H](C)O1. The van der Waals surface area contributed by atoms with Crippen LogP contribution < -0.4 is 9.47 Å².